The van der Waals surface area contributed by atoms with Gasteiger partial charge in [0.15, 0.2) is 0 Å². The predicted octanol–water partition coefficient (Wildman–Crippen LogP) is 3.93. The van der Waals surface area contributed by atoms with Crippen LogP contribution in [0.3, 0.4) is 0 Å². The van der Waals surface area contributed by atoms with Crippen molar-refractivity contribution in [2.45, 2.75) is 13.1 Å². The number of nitrogen functional groups attached to an aromatic ring is 1. The third-order valence-electron chi connectivity index (χ3n) is 3.31. The van der Waals surface area contributed by atoms with Crippen LogP contribution in [0.5, 0.6) is 0 Å². The van der Waals surface area contributed by atoms with Crippen LogP contribution in [-0.2, 0) is 6.18 Å². The lowest BCUT2D eigenvalue weighted by atomic mass is 10.1. The van der Waals surface area contributed by atoms with E-state index in [0.717, 1.165) is 28.7 Å². The smallest absolute Gasteiger partial charge is 0.399 e. The topological polar surface area (TPSA) is 43.8 Å². The minimum atomic E-state index is -4.38. The Morgan fingerprint density at radius 2 is 1.86 bits per heavy atom. The number of hydrogen-bond donors (Lipinski definition) is 1. The van der Waals surface area contributed by atoms with E-state index in [1.807, 2.05) is 0 Å². The molecule has 1 heterocycles. The monoisotopic (exact) mass is 291 g/mol. The first kappa shape index (κ1) is 13.5. The predicted molar refractivity (Wildman–Crippen MR) is 75.2 cm³/mol. The summed E-state index contributed by atoms with van der Waals surface area (Å²) in [5.41, 5.74) is 7.44. The van der Waals surface area contributed by atoms with Crippen molar-refractivity contribution in [3.63, 3.8) is 0 Å². The average Bonchev–Trinajstić information content (AvgIpc) is 2.75. The van der Waals surface area contributed by atoms with E-state index in [0.29, 0.717) is 11.4 Å². The SMILES string of the molecule is Cc1nn(-c2cccc(C(F)(F)F)c2)c2ccc(N)cc12. The molecular formula is C15H12F3N3. The number of fused-ring (bicyclic) bond motifs is 1. The summed E-state index contributed by atoms with van der Waals surface area (Å²) < 4.78 is 39.9. The van der Waals surface area contributed by atoms with Gasteiger partial charge in [-0.1, -0.05) is 6.07 Å². The number of nitrogens with zero attached hydrogens (tertiary/aromatic N) is 2. The lowest BCUT2D eigenvalue weighted by Gasteiger charge is -2.09. The van der Waals surface area contributed by atoms with Gasteiger partial charge >= 0.3 is 6.18 Å². The van der Waals surface area contributed by atoms with Crippen LogP contribution in [0.2, 0.25) is 0 Å². The highest BCUT2D eigenvalue weighted by molar-refractivity contribution is 5.86. The third-order valence-corrected chi connectivity index (χ3v) is 3.31. The lowest BCUT2D eigenvalue weighted by Crippen LogP contribution is -2.06. The Morgan fingerprint density at radius 1 is 1.10 bits per heavy atom. The molecule has 2 N–H and O–H groups in total. The van der Waals surface area contributed by atoms with Crippen molar-refractivity contribution in [2.24, 2.45) is 0 Å². The zero-order valence-corrected chi connectivity index (χ0v) is 11.1. The van der Waals surface area contributed by atoms with Crippen LogP contribution in [0, 0.1) is 6.92 Å². The minimum absolute atomic E-state index is 0.368. The number of hydrogen-bond acceptors (Lipinski definition) is 2. The Labute approximate surface area is 118 Å². The summed E-state index contributed by atoms with van der Waals surface area (Å²) in [6, 6.07) is 10.3. The number of alkyl halides is 3. The maximum absolute atomic E-state index is 12.8. The standard InChI is InChI=1S/C15H12F3N3/c1-9-13-8-11(19)5-6-14(13)21(20-9)12-4-2-3-10(7-12)15(16,17)18/h2-8H,19H2,1H3. The highest BCUT2D eigenvalue weighted by atomic mass is 19.4. The van der Waals surface area contributed by atoms with E-state index >= 15 is 0 Å². The first-order valence-corrected chi connectivity index (χ1v) is 6.29. The van der Waals surface area contributed by atoms with Crippen LogP contribution in [-0.4, -0.2) is 9.78 Å². The molecule has 0 saturated carbocycles. The lowest BCUT2D eigenvalue weighted by molar-refractivity contribution is -0.137. The van der Waals surface area contributed by atoms with Gasteiger partial charge in [0.25, 0.3) is 0 Å². The molecule has 1 aromatic heterocycles. The van der Waals surface area contributed by atoms with Gasteiger partial charge in [0.2, 0.25) is 0 Å². The largest absolute Gasteiger partial charge is 0.416 e. The maximum atomic E-state index is 12.8. The van der Waals surface area contributed by atoms with Crippen molar-refractivity contribution in [2.75, 3.05) is 5.73 Å². The van der Waals surface area contributed by atoms with Crippen LogP contribution < -0.4 is 5.73 Å². The fraction of sp³-hybridized carbons (Fsp3) is 0.133. The summed E-state index contributed by atoms with van der Waals surface area (Å²) >= 11 is 0. The molecule has 0 spiro atoms. The summed E-state index contributed by atoms with van der Waals surface area (Å²) in [5.74, 6) is 0. The number of aromatic nitrogens is 2. The van der Waals surface area contributed by atoms with Crippen molar-refractivity contribution < 1.29 is 13.2 Å². The van der Waals surface area contributed by atoms with Gasteiger partial charge in [-0.05, 0) is 43.3 Å². The highest BCUT2D eigenvalue weighted by Crippen LogP contribution is 2.31. The molecular weight excluding hydrogens is 279 g/mol. The van der Waals surface area contributed by atoms with Crippen molar-refractivity contribution in [3.8, 4) is 5.69 Å². The van der Waals surface area contributed by atoms with E-state index in [1.165, 1.54) is 10.7 Å². The summed E-state index contributed by atoms with van der Waals surface area (Å²) in [7, 11) is 0. The first-order valence-electron chi connectivity index (χ1n) is 6.29. The molecule has 6 heteroatoms. The molecule has 0 unspecified atom stereocenters. The second-order valence-electron chi connectivity index (χ2n) is 4.82. The van der Waals surface area contributed by atoms with Gasteiger partial charge < -0.3 is 5.73 Å². The quantitative estimate of drug-likeness (QED) is 0.690. The van der Waals surface area contributed by atoms with Crippen LogP contribution in [0.4, 0.5) is 18.9 Å². The average molecular weight is 291 g/mol. The fourth-order valence-electron chi connectivity index (χ4n) is 2.30. The van der Waals surface area contributed by atoms with Crippen molar-refractivity contribution >= 4 is 16.6 Å². The number of aryl methyl sites for hydroxylation is 1. The Kier molecular flexibility index (Phi) is 2.90. The second-order valence-corrected chi connectivity index (χ2v) is 4.82. The van der Waals surface area contributed by atoms with Gasteiger partial charge in [-0.3, -0.25) is 0 Å². The van der Waals surface area contributed by atoms with E-state index < -0.39 is 11.7 Å². The summed E-state index contributed by atoms with van der Waals surface area (Å²) in [6.45, 7) is 1.80. The highest BCUT2D eigenvalue weighted by Gasteiger charge is 2.30. The molecule has 108 valence electrons. The van der Waals surface area contributed by atoms with E-state index in [9.17, 15) is 13.2 Å². The molecule has 0 amide bonds. The van der Waals surface area contributed by atoms with Crippen LogP contribution in [0.1, 0.15) is 11.3 Å². The number of nitrogens with two attached hydrogens (primary N) is 1. The molecule has 0 saturated heterocycles. The van der Waals surface area contributed by atoms with Gasteiger partial charge in [-0.2, -0.15) is 18.3 Å². The second kappa shape index (κ2) is 4.51. The van der Waals surface area contributed by atoms with Crippen LogP contribution in [0.25, 0.3) is 16.6 Å². The number of halogens is 3. The molecule has 0 bridgehead atoms. The Bertz CT molecular complexity index is 819. The Balaban J connectivity index is 2.22. The molecule has 0 aliphatic rings. The summed E-state index contributed by atoms with van der Waals surface area (Å²) in [4.78, 5) is 0. The fourth-order valence-corrected chi connectivity index (χ4v) is 2.30. The molecule has 3 rings (SSSR count). The van der Waals surface area contributed by atoms with Crippen LogP contribution in [0.15, 0.2) is 42.5 Å². The van der Waals surface area contributed by atoms with E-state index in [2.05, 4.69) is 5.10 Å². The molecule has 21 heavy (non-hydrogen) atoms. The van der Waals surface area contributed by atoms with E-state index in [1.54, 1.807) is 31.2 Å². The summed E-state index contributed by atoms with van der Waals surface area (Å²) in [6.07, 6.45) is -4.38. The number of anilines is 1. The minimum Gasteiger partial charge on any atom is -0.399 e. The molecule has 2 aromatic carbocycles. The van der Waals surface area contributed by atoms with Crippen LogP contribution >= 0.6 is 0 Å². The van der Waals surface area contributed by atoms with Gasteiger partial charge in [-0.15, -0.1) is 0 Å². The van der Waals surface area contributed by atoms with E-state index in [4.69, 9.17) is 5.73 Å². The number of benzene rings is 2. The zero-order chi connectivity index (χ0) is 15.2. The third kappa shape index (κ3) is 2.33. The first-order chi connectivity index (χ1) is 9.86. The molecule has 0 atom stereocenters. The van der Waals surface area contributed by atoms with Gasteiger partial charge in [0.05, 0.1) is 22.5 Å². The molecule has 0 radical (unpaired) electrons. The van der Waals surface area contributed by atoms with Crippen molar-refractivity contribution in [3.05, 3.63) is 53.7 Å². The van der Waals surface area contributed by atoms with E-state index in [-0.39, 0.29) is 0 Å². The van der Waals surface area contributed by atoms with Gasteiger partial charge in [0, 0.05) is 11.1 Å². The molecule has 0 aliphatic carbocycles. The molecule has 3 nitrogen and oxygen atoms in total. The van der Waals surface area contributed by atoms with Crippen molar-refractivity contribution in [1.29, 1.82) is 0 Å². The Hall–Kier alpha value is -2.50. The normalized spacial score (nSPS) is 12.0. The molecule has 0 fully saturated rings. The van der Waals surface area contributed by atoms with Gasteiger partial charge in [-0.25, -0.2) is 4.68 Å². The van der Waals surface area contributed by atoms with Gasteiger partial charge in [0.1, 0.15) is 0 Å². The maximum Gasteiger partial charge on any atom is 0.416 e. The van der Waals surface area contributed by atoms with Crippen molar-refractivity contribution in [1.82, 2.24) is 9.78 Å². The zero-order valence-electron chi connectivity index (χ0n) is 11.1. The number of rotatable bonds is 1. The summed E-state index contributed by atoms with van der Waals surface area (Å²) in [5, 5.41) is 5.14. The molecule has 3 aromatic rings. The Morgan fingerprint density at radius 3 is 2.57 bits per heavy atom. The molecule has 0 aliphatic heterocycles.